The number of hydrogen-bond donors (Lipinski definition) is 1. The molecule has 0 fully saturated rings. The third kappa shape index (κ3) is 2.91. The Hall–Kier alpha value is -2.69. The van der Waals surface area contributed by atoms with Gasteiger partial charge in [-0.25, -0.2) is 4.98 Å². The van der Waals surface area contributed by atoms with Crippen molar-refractivity contribution >= 4 is 22.5 Å². The first-order valence-corrected chi connectivity index (χ1v) is 6.96. The summed E-state index contributed by atoms with van der Waals surface area (Å²) in [5.74, 6) is -0.225. The van der Waals surface area contributed by atoms with Gasteiger partial charge in [0.05, 0.1) is 17.4 Å². The van der Waals surface area contributed by atoms with E-state index in [0.717, 1.165) is 23.9 Å². The highest BCUT2D eigenvalue weighted by Crippen LogP contribution is 2.13. The Morgan fingerprint density at radius 3 is 2.95 bits per heavy atom. The quantitative estimate of drug-likeness (QED) is 0.799. The topological polar surface area (TPSA) is 59.8 Å². The number of amides is 1. The highest BCUT2D eigenvalue weighted by Gasteiger charge is 2.09. The summed E-state index contributed by atoms with van der Waals surface area (Å²) in [6, 6.07) is 11.4. The fraction of sp³-hybridized carbons (Fsp3) is 0.188. The molecule has 0 saturated heterocycles. The third-order valence-corrected chi connectivity index (χ3v) is 3.17. The molecule has 0 bridgehead atoms. The molecule has 1 aromatic carbocycles. The lowest BCUT2D eigenvalue weighted by atomic mass is 10.2. The molecule has 21 heavy (non-hydrogen) atoms. The summed E-state index contributed by atoms with van der Waals surface area (Å²) in [5, 5.41) is 8.02. The van der Waals surface area contributed by atoms with Crippen molar-refractivity contribution in [3.05, 3.63) is 54.5 Å². The molecular weight excluding hydrogens is 264 g/mol. The minimum atomic E-state index is -0.225. The zero-order chi connectivity index (χ0) is 14.7. The molecular formula is C16H16N4O. The molecule has 2 aromatic heterocycles. The van der Waals surface area contributed by atoms with E-state index in [0.29, 0.717) is 11.4 Å². The predicted octanol–water partition coefficient (Wildman–Crippen LogP) is 3.09. The molecule has 0 aliphatic carbocycles. The van der Waals surface area contributed by atoms with Crippen LogP contribution in [0.15, 0.2) is 48.8 Å². The first-order valence-electron chi connectivity index (χ1n) is 6.96. The summed E-state index contributed by atoms with van der Waals surface area (Å²) in [7, 11) is 0. The van der Waals surface area contributed by atoms with Crippen molar-refractivity contribution in [2.24, 2.45) is 0 Å². The number of carbonyl (C=O) groups is 1. The molecule has 0 saturated carbocycles. The number of rotatable bonds is 4. The standard InChI is InChI=1S/C16H16N4O/c1-2-9-20-11-13(10-17-20)18-16(21)15-8-7-12-5-3-4-6-14(12)19-15/h3-8,10-11H,2,9H2,1H3,(H,18,21). The summed E-state index contributed by atoms with van der Waals surface area (Å²) >= 11 is 0. The number of anilines is 1. The molecule has 5 heteroatoms. The molecule has 0 aliphatic rings. The number of hydrogen-bond acceptors (Lipinski definition) is 3. The van der Waals surface area contributed by atoms with Gasteiger partial charge in [-0.3, -0.25) is 9.48 Å². The minimum Gasteiger partial charge on any atom is -0.318 e. The number of benzene rings is 1. The van der Waals surface area contributed by atoms with E-state index in [-0.39, 0.29) is 5.91 Å². The Balaban J connectivity index is 1.79. The maximum absolute atomic E-state index is 12.2. The SMILES string of the molecule is CCCn1cc(NC(=O)c2ccc3ccccc3n2)cn1. The van der Waals surface area contributed by atoms with Crippen LogP contribution in [-0.2, 0) is 6.54 Å². The van der Waals surface area contributed by atoms with E-state index < -0.39 is 0 Å². The number of pyridine rings is 1. The van der Waals surface area contributed by atoms with Gasteiger partial charge in [-0.2, -0.15) is 5.10 Å². The maximum atomic E-state index is 12.2. The first-order chi connectivity index (χ1) is 10.3. The number of carbonyl (C=O) groups excluding carboxylic acids is 1. The molecule has 0 atom stereocenters. The van der Waals surface area contributed by atoms with Crippen LogP contribution in [0.3, 0.4) is 0 Å². The summed E-state index contributed by atoms with van der Waals surface area (Å²) in [6.07, 6.45) is 4.47. The maximum Gasteiger partial charge on any atom is 0.274 e. The van der Waals surface area contributed by atoms with Gasteiger partial charge in [0, 0.05) is 18.1 Å². The Morgan fingerprint density at radius 1 is 1.24 bits per heavy atom. The first kappa shape index (κ1) is 13.3. The van der Waals surface area contributed by atoms with Crippen molar-refractivity contribution in [3.8, 4) is 0 Å². The number of aryl methyl sites for hydroxylation is 1. The van der Waals surface area contributed by atoms with Gasteiger partial charge in [-0.05, 0) is 18.6 Å². The summed E-state index contributed by atoms with van der Waals surface area (Å²) in [5.41, 5.74) is 1.90. The lowest BCUT2D eigenvalue weighted by Crippen LogP contribution is -2.13. The molecule has 3 rings (SSSR count). The summed E-state index contributed by atoms with van der Waals surface area (Å²) in [4.78, 5) is 16.6. The van der Waals surface area contributed by atoms with Crippen LogP contribution < -0.4 is 5.32 Å². The molecule has 0 unspecified atom stereocenters. The number of nitrogens with zero attached hydrogens (tertiary/aromatic N) is 3. The van der Waals surface area contributed by atoms with Crippen molar-refractivity contribution in [1.29, 1.82) is 0 Å². The third-order valence-electron chi connectivity index (χ3n) is 3.17. The van der Waals surface area contributed by atoms with E-state index in [4.69, 9.17) is 0 Å². The largest absolute Gasteiger partial charge is 0.318 e. The van der Waals surface area contributed by atoms with Gasteiger partial charge in [0.2, 0.25) is 0 Å². The average molecular weight is 280 g/mol. The van der Waals surface area contributed by atoms with Crippen LogP contribution in [0.2, 0.25) is 0 Å². The molecule has 5 nitrogen and oxygen atoms in total. The summed E-state index contributed by atoms with van der Waals surface area (Å²) < 4.78 is 1.81. The zero-order valence-electron chi connectivity index (χ0n) is 11.8. The highest BCUT2D eigenvalue weighted by atomic mass is 16.1. The van der Waals surface area contributed by atoms with E-state index in [1.165, 1.54) is 0 Å². The molecule has 0 radical (unpaired) electrons. The van der Waals surface area contributed by atoms with E-state index in [1.54, 1.807) is 12.3 Å². The lowest BCUT2D eigenvalue weighted by Gasteiger charge is -2.03. The van der Waals surface area contributed by atoms with Crippen molar-refractivity contribution in [3.63, 3.8) is 0 Å². The number of para-hydroxylation sites is 1. The van der Waals surface area contributed by atoms with Gasteiger partial charge in [-0.15, -0.1) is 0 Å². The van der Waals surface area contributed by atoms with Crippen molar-refractivity contribution in [1.82, 2.24) is 14.8 Å². The molecule has 0 spiro atoms. The van der Waals surface area contributed by atoms with Gasteiger partial charge < -0.3 is 5.32 Å². The Morgan fingerprint density at radius 2 is 2.10 bits per heavy atom. The smallest absolute Gasteiger partial charge is 0.274 e. The van der Waals surface area contributed by atoms with E-state index in [1.807, 2.05) is 41.2 Å². The van der Waals surface area contributed by atoms with Crippen LogP contribution in [0.5, 0.6) is 0 Å². The lowest BCUT2D eigenvalue weighted by molar-refractivity contribution is 0.102. The Labute approximate surface area is 122 Å². The number of aromatic nitrogens is 3. The molecule has 2 heterocycles. The van der Waals surface area contributed by atoms with Crippen molar-refractivity contribution < 1.29 is 4.79 Å². The Bertz CT molecular complexity index is 779. The molecule has 1 amide bonds. The highest BCUT2D eigenvalue weighted by molar-refractivity contribution is 6.03. The second-order valence-corrected chi connectivity index (χ2v) is 4.84. The van der Waals surface area contributed by atoms with Gasteiger partial charge in [0.15, 0.2) is 0 Å². The van der Waals surface area contributed by atoms with Crippen LogP contribution in [0, 0.1) is 0 Å². The second-order valence-electron chi connectivity index (χ2n) is 4.84. The normalized spacial score (nSPS) is 10.7. The van der Waals surface area contributed by atoms with Crippen LogP contribution >= 0.6 is 0 Å². The van der Waals surface area contributed by atoms with Crippen LogP contribution in [0.1, 0.15) is 23.8 Å². The van der Waals surface area contributed by atoms with E-state index >= 15 is 0 Å². The van der Waals surface area contributed by atoms with Crippen LogP contribution in [-0.4, -0.2) is 20.7 Å². The fourth-order valence-corrected chi connectivity index (χ4v) is 2.17. The van der Waals surface area contributed by atoms with E-state index in [9.17, 15) is 4.79 Å². The molecule has 106 valence electrons. The molecule has 3 aromatic rings. The zero-order valence-corrected chi connectivity index (χ0v) is 11.8. The van der Waals surface area contributed by atoms with E-state index in [2.05, 4.69) is 22.3 Å². The molecule has 1 N–H and O–H groups in total. The van der Waals surface area contributed by atoms with Gasteiger partial charge in [-0.1, -0.05) is 31.2 Å². The van der Waals surface area contributed by atoms with Crippen LogP contribution in [0.4, 0.5) is 5.69 Å². The number of nitrogens with one attached hydrogen (secondary N) is 1. The Kier molecular flexibility index (Phi) is 3.64. The predicted molar refractivity (Wildman–Crippen MR) is 82.2 cm³/mol. The summed E-state index contributed by atoms with van der Waals surface area (Å²) in [6.45, 7) is 2.92. The fourth-order valence-electron chi connectivity index (χ4n) is 2.17. The average Bonchev–Trinajstić information content (AvgIpc) is 2.94. The second kappa shape index (κ2) is 5.75. The minimum absolute atomic E-state index is 0.225. The molecule has 0 aliphatic heterocycles. The van der Waals surface area contributed by atoms with Gasteiger partial charge >= 0.3 is 0 Å². The monoisotopic (exact) mass is 280 g/mol. The van der Waals surface area contributed by atoms with Gasteiger partial charge in [0.25, 0.3) is 5.91 Å². The number of fused-ring (bicyclic) bond motifs is 1. The van der Waals surface area contributed by atoms with Crippen molar-refractivity contribution in [2.45, 2.75) is 19.9 Å². The van der Waals surface area contributed by atoms with Crippen LogP contribution in [0.25, 0.3) is 10.9 Å². The van der Waals surface area contributed by atoms with Crippen molar-refractivity contribution in [2.75, 3.05) is 5.32 Å². The van der Waals surface area contributed by atoms with Gasteiger partial charge in [0.1, 0.15) is 5.69 Å².